The summed E-state index contributed by atoms with van der Waals surface area (Å²) in [4.78, 5) is 0. The molecule has 7 heteroatoms. The fourth-order valence-corrected chi connectivity index (χ4v) is 16.1. The molecular weight excluding hydrogens is 1080 g/mol. The molecule has 0 bridgehead atoms. The van der Waals surface area contributed by atoms with Crippen LogP contribution in [0, 0.1) is 11.8 Å². The summed E-state index contributed by atoms with van der Waals surface area (Å²) in [5.41, 5.74) is 17.9. The summed E-state index contributed by atoms with van der Waals surface area (Å²) in [6, 6.07) is 81.7. The van der Waals surface area contributed by atoms with E-state index in [0.29, 0.717) is 11.8 Å². The summed E-state index contributed by atoms with van der Waals surface area (Å²) < 4.78 is 16.2. The van der Waals surface area contributed by atoms with E-state index in [4.69, 9.17) is 14.9 Å². The van der Waals surface area contributed by atoms with Gasteiger partial charge in [-0.15, -0.1) is 0 Å². The number of fused-ring (bicyclic) bond motifs is 18. The van der Waals surface area contributed by atoms with Crippen LogP contribution in [-0.2, 0) is 13.1 Å². The van der Waals surface area contributed by atoms with E-state index in [1.54, 1.807) is 0 Å². The maximum Gasteiger partial charge on any atom is 0.144 e. The van der Waals surface area contributed by atoms with Crippen LogP contribution in [0.15, 0.2) is 223 Å². The van der Waals surface area contributed by atoms with Gasteiger partial charge in [-0.1, -0.05) is 224 Å². The molecule has 434 valence electrons. The molecule has 0 saturated heterocycles. The van der Waals surface area contributed by atoms with Gasteiger partial charge in [0.1, 0.15) is 11.0 Å². The van der Waals surface area contributed by atoms with Crippen LogP contribution in [0.4, 0.5) is 0 Å². The van der Waals surface area contributed by atoms with E-state index >= 15 is 0 Å². The molecule has 5 heterocycles. The van der Waals surface area contributed by atoms with E-state index < -0.39 is 0 Å². The molecule has 17 rings (SSSR count). The summed E-state index contributed by atoms with van der Waals surface area (Å²) in [5, 5.41) is 26.9. The summed E-state index contributed by atoms with van der Waals surface area (Å²) in [6.45, 7) is 11.4. The lowest BCUT2D eigenvalue weighted by atomic mass is 9.87. The van der Waals surface area contributed by atoms with Crippen molar-refractivity contribution in [2.45, 2.75) is 92.2 Å². The van der Waals surface area contributed by atoms with Gasteiger partial charge in [-0.25, -0.2) is 4.63 Å². The van der Waals surface area contributed by atoms with Gasteiger partial charge in [0.05, 0.1) is 33.4 Å². The van der Waals surface area contributed by atoms with E-state index in [2.05, 4.69) is 264 Å². The Morgan fingerprint density at radius 2 is 0.652 bits per heavy atom. The number of aromatic nitrogens is 6. The monoisotopic (exact) mass is 1150 g/mol. The maximum absolute atomic E-state index is 5.95. The summed E-state index contributed by atoms with van der Waals surface area (Å²) in [6.07, 6.45) is 9.80. The predicted molar refractivity (Wildman–Crippen MR) is 376 cm³/mol. The predicted octanol–water partition coefficient (Wildman–Crippen LogP) is 22.9. The summed E-state index contributed by atoms with van der Waals surface area (Å²) in [5.74, 6) is 1.24. The highest BCUT2D eigenvalue weighted by Gasteiger charge is 2.28. The zero-order valence-corrected chi connectivity index (χ0v) is 51.1. The lowest BCUT2D eigenvalue weighted by Crippen LogP contribution is -2.10. The van der Waals surface area contributed by atoms with Gasteiger partial charge in [0.2, 0.25) is 0 Å². The van der Waals surface area contributed by atoms with Gasteiger partial charge in [0.25, 0.3) is 0 Å². The van der Waals surface area contributed by atoms with Crippen LogP contribution >= 0.6 is 0 Å². The molecule has 0 amide bonds. The first-order valence-electron chi connectivity index (χ1n) is 32.6. The average molecular weight is 1160 g/mol. The quantitative estimate of drug-likeness (QED) is 0.0969. The molecule has 2 unspecified atom stereocenters. The molecule has 2 atom stereocenters. The van der Waals surface area contributed by atoms with Crippen molar-refractivity contribution < 1.29 is 4.63 Å². The Kier molecular flexibility index (Phi) is 12.8. The molecule has 5 aromatic heterocycles. The molecule has 0 saturated carbocycles. The Morgan fingerprint density at radius 3 is 1.07 bits per heavy atom. The molecule has 0 N–H and O–H groups in total. The first-order chi connectivity index (χ1) is 44.1. The minimum atomic E-state index is 0.621. The second kappa shape index (κ2) is 21.4. The molecule has 12 aromatic carbocycles. The van der Waals surface area contributed by atoms with Crippen molar-refractivity contribution in [1.82, 2.24) is 28.6 Å². The first-order valence-corrected chi connectivity index (χ1v) is 32.6. The fourth-order valence-electron chi connectivity index (χ4n) is 16.1. The van der Waals surface area contributed by atoms with Crippen LogP contribution in [0.25, 0.3) is 164 Å². The molecule has 7 nitrogen and oxygen atoms in total. The van der Waals surface area contributed by atoms with E-state index in [1.807, 2.05) is 0 Å². The SMILES string of the molecule is CCCCC(CC)Cn1c2ccccc2c2c3c4ccccc4n(-c4cccc5c(-c6c7ccccc7c(-c7cccc8c(-n9c%10ccccc%10c%10c%11c%12ccccc%12n(CC(CC)CCCC)c%11ccc%109)cccc78)c7nonc67)cccc45)c3ccc21. The third-order valence-corrected chi connectivity index (χ3v) is 20.4. The van der Waals surface area contributed by atoms with Gasteiger partial charge in [0, 0.05) is 100 Å². The van der Waals surface area contributed by atoms with Crippen molar-refractivity contribution in [3.63, 3.8) is 0 Å². The Bertz CT molecular complexity index is 5320. The van der Waals surface area contributed by atoms with E-state index in [0.717, 1.165) is 90.1 Å². The number of para-hydroxylation sites is 4. The highest BCUT2D eigenvalue weighted by molar-refractivity contribution is 6.31. The lowest BCUT2D eigenvalue weighted by Gasteiger charge is -2.18. The van der Waals surface area contributed by atoms with Crippen LogP contribution in [0.5, 0.6) is 0 Å². The van der Waals surface area contributed by atoms with Crippen LogP contribution in [0.3, 0.4) is 0 Å². The number of unbranched alkanes of at least 4 members (excludes halogenated alkanes) is 2. The molecular formula is C82H70N6O. The summed E-state index contributed by atoms with van der Waals surface area (Å²) in [7, 11) is 0. The molecule has 89 heavy (non-hydrogen) atoms. The maximum atomic E-state index is 5.95. The standard InChI is InChI=1S/C82H70N6O/c1-5-9-25-51(7-3)49-85-65-39-17-13-29-61(65)77-71(85)45-47-73-79(77)63-31-15-19-41-69(63)87(73)67-43-23-33-53-55(67)35-21-37-57(53)75-59-27-11-12-28-60(59)76(82-81(75)83-89-84-82)58-38-22-36-56-54(58)34-24-44-68(56)88-70-42-20-16-32-64(70)80-74(88)48-46-72-78(80)62-30-14-18-40-66(62)86(72)50-52(8-4)26-10-6-2/h11-24,27-48,51-52H,5-10,25-26,49-50H2,1-4H3. The van der Waals surface area contributed by atoms with Crippen LogP contribution in [-0.4, -0.2) is 28.6 Å². The Balaban J connectivity index is 0.836. The highest BCUT2D eigenvalue weighted by Crippen LogP contribution is 2.49. The molecule has 0 aliphatic heterocycles. The van der Waals surface area contributed by atoms with E-state index in [9.17, 15) is 0 Å². The minimum absolute atomic E-state index is 0.621. The fraction of sp³-hybridized carbons (Fsp3) is 0.195. The van der Waals surface area contributed by atoms with Crippen molar-refractivity contribution in [3.05, 3.63) is 218 Å². The smallest absolute Gasteiger partial charge is 0.144 e. The normalized spacial score (nSPS) is 13.1. The van der Waals surface area contributed by atoms with Gasteiger partial charge in [-0.2, -0.15) is 0 Å². The number of hydrogen-bond donors (Lipinski definition) is 0. The molecule has 0 radical (unpaired) electrons. The Labute approximate surface area is 516 Å². The number of rotatable bonds is 16. The van der Waals surface area contributed by atoms with Crippen molar-refractivity contribution >= 4 is 131 Å². The zero-order chi connectivity index (χ0) is 59.4. The zero-order valence-electron chi connectivity index (χ0n) is 51.1. The third kappa shape index (κ3) is 8.03. The molecule has 0 fully saturated rings. The lowest BCUT2D eigenvalue weighted by molar-refractivity contribution is 0.315. The van der Waals surface area contributed by atoms with Crippen LogP contribution < -0.4 is 0 Å². The van der Waals surface area contributed by atoms with Crippen molar-refractivity contribution in [3.8, 4) is 33.6 Å². The largest absolute Gasteiger partial charge is 0.340 e. The van der Waals surface area contributed by atoms with Gasteiger partial charge in [-0.3, -0.25) is 0 Å². The van der Waals surface area contributed by atoms with E-state index in [1.165, 1.54) is 139 Å². The number of hydrogen-bond acceptors (Lipinski definition) is 3. The average Bonchev–Trinajstić information content (AvgIpc) is 1.72. The number of benzene rings is 12. The topological polar surface area (TPSA) is 58.6 Å². The second-order valence-electron chi connectivity index (χ2n) is 25.1. The van der Waals surface area contributed by atoms with Crippen molar-refractivity contribution in [2.24, 2.45) is 11.8 Å². The van der Waals surface area contributed by atoms with Crippen LogP contribution in [0.2, 0.25) is 0 Å². The van der Waals surface area contributed by atoms with Crippen LogP contribution in [0.1, 0.15) is 79.1 Å². The Morgan fingerprint density at radius 1 is 0.315 bits per heavy atom. The van der Waals surface area contributed by atoms with Gasteiger partial charge in [0.15, 0.2) is 0 Å². The van der Waals surface area contributed by atoms with Crippen molar-refractivity contribution in [1.29, 1.82) is 0 Å². The van der Waals surface area contributed by atoms with Gasteiger partial charge in [-0.05, 0) is 128 Å². The first kappa shape index (κ1) is 53.3. The van der Waals surface area contributed by atoms with Crippen molar-refractivity contribution in [2.75, 3.05) is 0 Å². The number of nitrogens with zero attached hydrogens (tertiary/aromatic N) is 6. The summed E-state index contributed by atoms with van der Waals surface area (Å²) >= 11 is 0. The van der Waals surface area contributed by atoms with E-state index in [-0.39, 0.29) is 0 Å². The third-order valence-electron chi connectivity index (χ3n) is 20.4. The molecule has 0 aliphatic carbocycles. The molecule has 0 spiro atoms. The minimum Gasteiger partial charge on any atom is -0.340 e. The molecule has 0 aliphatic rings. The van der Waals surface area contributed by atoms with Gasteiger partial charge >= 0.3 is 0 Å². The Hall–Kier alpha value is -9.98. The second-order valence-corrected chi connectivity index (χ2v) is 25.1. The van der Waals surface area contributed by atoms with Gasteiger partial charge < -0.3 is 18.3 Å². The molecule has 17 aromatic rings. The highest BCUT2D eigenvalue weighted by atomic mass is 16.6.